The van der Waals surface area contributed by atoms with E-state index in [9.17, 15) is 0 Å². The molecule has 7 rings (SSSR count). The van der Waals surface area contributed by atoms with Crippen LogP contribution in [0.15, 0.2) is 73.6 Å². The summed E-state index contributed by atoms with van der Waals surface area (Å²) in [6, 6.07) is 12.3. The van der Waals surface area contributed by atoms with E-state index in [2.05, 4.69) is 73.1 Å². The number of pyridine rings is 3. The summed E-state index contributed by atoms with van der Waals surface area (Å²) in [5.41, 5.74) is 3.16. The van der Waals surface area contributed by atoms with Gasteiger partial charge in [0.2, 0.25) is 0 Å². The van der Waals surface area contributed by atoms with Crippen molar-refractivity contribution in [2.24, 2.45) is 0 Å². The Kier molecular flexibility index (Phi) is 10.7. The van der Waals surface area contributed by atoms with Crippen molar-refractivity contribution in [3.05, 3.63) is 91.1 Å². The van der Waals surface area contributed by atoms with Crippen LogP contribution in [0.3, 0.4) is 0 Å². The molecule has 1 aliphatic rings. The largest absolute Gasteiger partial charge is 0.312 e. The number of aromatic nitrogens is 12. The number of rotatable bonds is 6. The zero-order chi connectivity index (χ0) is 30.2. The lowest BCUT2D eigenvalue weighted by Crippen LogP contribution is -1.99. The normalized spacial score (nSPS) is 11.9. The second-order valence-corrected chi connectivity index (χ2v) is 10.0. The average molecular weight is 593 g/mol. The number of nitrogens with zero attached hydrogens (tertiary/aromatic N) is 12. The van der Waals surface area contributed by atoms with Crippen LogP contribution in [-0.2, 0) is 13.1 Å². The molecule has 44 heavy (non-hydrogen) atoms. The Labute approximate surface area is 258 Å². The van der Waals surface area contributed by atoms with Crippen LogP contribution in [0.4, 0.5) is 0 Å². The minimum Gasteiger partial charge on any atom is -0.312 e. The Morgan fingerprint density at radius 1 is 0.568 bits per heavy atom. The molecule has 0 aromatic carbocycles. The average Bonchev–Trinajstić information content (AvgIpc) is 3.54. The molecule has 6 heterocycles. The first-order valence-corrected chi connectivity index (χ1v) is 14.4. The van der Waals surface area contributed by atoms with Crippen LogP contribution in [0.2, 0.25) is 0 Å². The van der Waals surface area contributed by atoms with E-state index in [0.717, 1.165) is 64.7 Å². The van der Waals surface area contributed by atoms with Crippen molar-refractivity contribution in [1.82, 2.24) is 59.2 Å². The predicted molar refractivity (Wildman–Crippen MR) is 170 cm³/mol. The Morgan fingerprint density at radius 2 is 1.05 bits per heavy atom. The third-order valence-electron chi connectivity index (χ3n) is 7.08. The molecule has 0 N–H and O–H groups in total. The monoisotopic (exact) mass is 592 g/mol. The van der Waals surface area contributed by atoms with Crippen LogP contribution in [0.1, 0.15) is 57.6 Å². The maximum atomic E-state index is 4.23. The summed E-state index contributed by atoms with van der Waals surface area (Å²) in [7, 11) is 0. The van der Waals surface area contributed by atoms with E-state index in [4.69, 9.17) is 0 Å². The molecule has 12 heteroatoms. The zero-order valence-electron chi connectivity index (χ0n) is 25.2. The quantitative estimate of drug-likeness (QED) is 0.230. The molecule has 0 spiro atoms. The molecule has 6 aromatic rings. The fourth-order valence-electron chi connectivity index (χ4n) is 4.78. The summed E-state index contributed by atoms with van der Waals surface area (Å²) in [5, 5.41) is 24.8. The molecule has 1 saturated carbocycles. The molecular weight excluding hydrogens is 552 g/mol. The second-order valence-electron chi connectivity index (χ2n) is 10.0. The Balaban J connectivity index is 0.000000149. The highest BCUT2D eigenvalue weighted by Gasteiger charge is 2.28. The van der Waals surface area contributed by atoms with E-state index < -0.39 is 0 Å². The van der Waals surface area contributed by atoms with Gasteiger partial charge in [-0.05, 0) is 83.9 Å². The first-order chi connectivity index (χ1) is 21.0. The third-order valence-corrected chi connectivity index (χ3v) is 7.08. The summed E-state index contributed by atoms with van der Waals surface area (Å²) >= 11 is 0. The van der Waals surface area contributed by atoms with Crippen molar-refractivity contribution >= 4 is 0 Å². The van der Waals surface area contributed by atoms with Crippen molar-refractivity contribution in [3.63, 3.8) is 0 Å². The van der Waals surface area contributed by atoms with Gasteiger partial charge in [-0.1, -0.05) is 7.43 Å². The molecule has 1 fully saturated rings. The van der Waals surface area contributed by atoms with E-state index in [0.29, 0.717) is 6.04 Å². The van der Waals surface area contributed by atoms with E-state index >= 15 is 0 Å². The van der Waals surface area contributed by atoms with Crippen LogP contribution >= 0.6 is 0 Å². The fourth-order valence-corrected chi connectivity index (χ4v) is 4.78. The topological polar surface area (TPSA) is 131 Å². The zero-order valence-corrected chi connectivity index (χ0v) is 25.2. The molecule has 0 atom stereocenters. The van der Waals surface area contributed by atoms with Crippen LogP contribution in [0, 0.1) is 20.8 Å². The molecular formula is C32H40N12. The van der Waals surface area contributed by atoms with Crippen molar-refractivity contribution < 1.29 is 0 Å². The molecule has 0 amide bonds. The summed E-state index contributed by atoms with van der Waals surface area (Å²) in [5.74, 6) is 5.65. The summed E-state index contributed by atoms with van der Waals surface area (Å²) in [6.45, 7) is 11.9. The van der Waals surface area contributed by atoms with Gasteiger partial charge in [0, 0.05) is 73.0 Å². The highest BCUT2D eigenvalue weighted by Crippen LogP contribution is 2.38. The molecule has 0 bridgehead atoms. The summed E-state index contributed by atoms with van der Waals surface area (Å²) < 4.78 is 6.38. The molecule has 0 saturated heterocycles. The third kappa shape index (κ3) is 7.25. The van der Waals surface area contributed by atoms with Crippen LogP contribution < -0.4 is 0 Å². The highest BCUT2D eigenvalue weighted by atomic mass is 15.3. The van der Waals surface area contributed by atoms with Crippen molar-refractivity contribution in [2.45, 2.75) is 74.0 Å². The Morgan fingerprint density at radius 3 is 1.52 bits per heavy atom. The number of aryl methyl sites for hydroxylation is 3. The van der Waals surface area contributed by atoms with Gasteiger partial charge >= 0.3 is 0 Å². The van der Waals surface area contributed by atoms with Gasteiger partial charge in [-0.3, -0.25) is 15.0 Å². The maximum Gasteiger partial charge on any atom is 0.165 e. The Hall–Kier alpha value is -5.13. The van der Waals surface area contributed by atoms with Gasteiger partial charge in [0.25, 0.3) is 0 Å². The molecule has 0 aliphatic heterocycles. The lowest BCUT2D eigenvalue weighted by molar-refractivity contribution is 0.717. The van der Waals surface area contributed by atoms with Gasteiger partial charge in [-0.2, -0.15) is 0 Å². The molecule has 0 unspecified atom stereocenters. The lowest BCUT2D eigenvalue weighted by Gasteiger charge is -2.05. The molecule has 6 aromatic heterocycles. The van der Waals surface area contributed by atoms with Gasteiger partial charge < -0.3 is 13.7 Å². The minimum atomic E-state index is 0. The van der Waals surface area contributed by atoms with Gasteiger partial charge in [0.05, 0.1) is 0 Å². The minimum absolute atomic E-state index is 0. The molecule has 228 valence electrons. The van der Waals surface area contributed by atoms with Gasteiger partial charge in [-0.25, -0.2) is 0 Å². The maximum absolute atomic E-state index is 4.23. The summed E-state index contributed by atoms with van der Waals surface area (Å²) in [4.78, 5) is 12.1. The van der Waals surface area contributed by atoms with Crippen molar-refractivity contribution in [2.75, 3.05) is 0 Å². The first kappa shape index (κ1) is 31.8. The van der Waals surface area contributed by atoms with Gasteiger partial charge in [0.15, 0.2) is 17.5 Å². The standard InChI is InChI=1S/C11H12N4.2C10H12N4.CH4/c1-8-13-14-11(15(8)10-2-3-10)9-4-6-12-7-5-9;1-3-14-8(2)12-13-10(14)9-4-6-11-7-5-9;1-3-14-8(2)12-13-10(14)9-5-4-6-11-7-9;/h4-7,10H,2-3H2,1H3;2*4-7H,3H2,1-2H3;1H4. The van der Waals surface area contributed by atoms with Gasteiger partial charge in [0.1, 0.15) is 17.5 Å². The number of hydrogen-bond donors (Lipinski definition) is 0. The van der Waals surface area contributed by atoms with Crippen molar-refractivity contribution in [3.8, 4) is 34.2 Å². The smallest absolute Gasteiger partial charge is 0.165 e. The second kappa shape index (κ2) is 14.9. The highest BCUT2D eigenvalue weighted by molar-refractivity contribution is 5.55. The Bertz CT molecular complexity index is 1640. The summed E-state index contributed by atoms with van der Waals surface area (Å²) in [6.07, 6.45) is 13.2. The fraction of sp³-hybridized carbons (Fsp3) is 0.344. The van der Waals surface area contributed by atoms with E-state index in [1.807, 2.05) is 57.2 Å². The van der Waals surface area contributed by atoms with E-state index in [1.165, 1.54) is 12.8 Å². The van der Waals surface area contributed by atoms with Gasteiger partial charge in [-0.15, -0.1) is 30.6 Å². The molecule has 12 nitrogen and oxygen atoms in total. The first-order valence-electron chi connectivity index (χ1n) is 14.4. The molecule has 1 aliphatic carbocycles. The lowest BCUT2D eigenvalue weighted by atomic mass is 10.2. The van der Waals surface area contributed by atoms with E-state index in [-0.39, 0.29) is 7.43 Å². The van der Waals surface area contributed by atoms with Crippen LogP contribution in [-0.4, -0.2) is 59.2 Å². The van der Waals surface area contributed by atoms with Crippen LogP contribution in [0.5, 0.6) is 0 Å². The van der Waals surface area contributed by atoms with Crippen molar-refractivity contribution in [1.29, 1.82) is 0 Å². The van der Waals surface area contributed by atoms with E-state index in [1.54, 1.807) is 37.2 Å². The van der Waals surface area contributed by atoms with Crippen LogP contribution in [0.25, 0.3) is 34.2 Å². The SMILES string of the molecule is C.CCn1c(C)nnc1-c1cccnc1.CCn1c(C)nnc1-c1ccncc1.Cc1nnc(-c2ccncc2)n1C1CC1. The number of hydrogen-bond acceptors (Lipinski definition) is 9. The predicted octanol–water partition coefficient (Wildman–Crippen LogP) is 5.96. The molecule has 0 radical (unpaired) electrons.